The number of rotatable bonds is 6. The van der Waals surface area contributed by atoms with Gasteiger partial charge in [-0.2, -0.15) is 0 Å². The molecular formula is C24H22N4OS. The van der Waals surface area contributed by atoms with Gasteiger partial charge >= 0.3 is 0 Å². The maximum atomic E-state index is 13.4. The van der Waals surface area contributed by atoms with Crippen molar-refractivity contribution in [2.75, 3.05) is 5.32 Å². The lowest BCUT2D eigenvalue weighted by molar-refractivity contribution is -0.115. The van der Waals surface area contributed by atoms with Crippen molar-refractivity contribution in [3.63, 3.8) is 0 Å². The molecule has 1 atom stereocenters. The summed E-state index contributed by atoms with van der Waals surface area (Å²) in [5.41, 5.74) is 4.81. The molecule has 6 heteroatoms. The van der Waals surface area contributed by atoms with E-state index in [9.17, 15) is 4.79 Å². The molecule has 150 valence electrons. The zero-order chi connectivity index (χ0) is 20.9. The van der Waals surface area contributed by atoms with E-state index in [2.05, 4.69) is 15.5 Å². The Balaban J connectivity index is 1.66. The second kappa shape index (κ2) is 8.97. The summed E-state index contributed by atoms with van der Waals surface area (Å²) >= 11 is 1.38. The number of hydrogen-bond donors (Lipinski definition) is 1. The van der Waals surface area contributed by atoms with Crippen molar-refractivity contribution in [1.82, 2.24) is 14.8 Å². The predicted molar refractivity (Wildman–Crippen MR) is 121 cm³/mol. The molecule has 4 rings (SSSR count). The maximum absolute atomic E-state index is 13.4. The van der Waals surface area contributed by atoms with Crippen molar-refractivity contribution < 1.29 is 4.79 Å². The van der Waals surface area contributed by atoms with Gasteiger partial charge in [-0.05, 0) is 48.7 Å². The number of nitrogens with zero attached hydrogens (tertiary/aromatic N) is 3. The van der Waals surface area contributed by atoms with E-state index in [0.29, 0.717) is 5.16 Å². The summed E-state index contributed by atoms with van der Waals surface area (Å²) in [6, 6.07) is 25.7. The first-order valence-corrected chi connectivity index (χ1v) is 10.5. The van der Waals surface area contributed by atoms with E-state index in [0.717, 1.165) is 28.1 Å². The van der Waals surface area contributed by atoms with Crippen LogP contribution in [-0.4, -0.2) is 20.7 Å². The molecule has 1 N–H and O–H groups in total. The lowest BCUT2D eigenvalue weighted by atomic mass is 10.1. The Morgan fingerprint density at radius 2 is 1.67 bits per heavy atom. The van der Waals surface area contributed by atoms with E-state index in [1.807, 2.05) is 97.3 Å². The van der Waals surface area contributed by atoms with Gasteiger partial charge in [0.05, 0.1) is 0 Å². The molecular weight excluding hydrogens is 392 g/mol. The monoisotopic (exact) mass is 414 g/mol. The van der Waals surface area contributed by atoms with Crippen LogP contribution in [0.3, 0.4) is 0 Å². The van der Waals surface area contributed by atoms with Crippen LogP contribution in [0.1, 0.15) is 21.9 Å². The minimum Gasteiger partial charge on any atom is -0.325 e. The van der Waals surface area contributed by atoms with Gasteiger partial charge in [0.1, 0.15) is 11.6 Å². The second-order valence-corrected chi connectivity index (χ2v) is 8.11. The van der Waals surface area contributed by atoms with E-state index < -0.39 is 5.25 Å². The molecule has 0 aliphatic heterocycles. The number of benzene rings is 3. The summed E-state index contributed by atoms with van der Waals surface area (Å²) < 4.78 is 1.89. The van der Waals surface area contributed by atoms with Gasteiger partial charge in [-0.25, -0.2) is 0 Å². The summed E-state index contributed by atoms with van der Waals surface area (Å²) in [6.45, 7) is 4.01. The molecule has 30 heavy (non-hydrogen) atoms. The third-order valence-electron chi connectivity index (χ3n) is 4.77. The Hall–Kier alpha value is -3.38. The van der Waals surface area contributed by atoms with Gasteiger partial charge < -0.3 is 5.32 Å². The number of amides is 1. The first kappa shape index (κ1) is 19.9. The molecule has 0 spiro atoms. The number of anilines is 1. The molecule has 1 heterocycles. The molecule has 0 saturated heterocycles. The molecule has 0 aliphatic carbocycles. The van der Waals surface area contributed by atoms with Crippen LogP contribution in [0.2, 0.25) is 0 Å². The number of hydrogen-bond acceptors (Lipinski definition) is 4. The van der Waals surface area contributed by atoms with E-state index in [4.69, 9.17) is 0 Å². The number of carbonyl (C=O) groups is 1. The average molecular weight is 415 g/mol. The van der Waals surface area contributed by atoms with Crippen LogP contribution in [0.4, 0.5) is 5.69 Å². The van der Waals surface area contributed by atoms with E-state index in [1.165, 1.54) is 11.8 Å². The molecule has 1 amide bonds. The number of para-hydroxylation sites is 1. The van der Waals surface area contributed by atoms with Crippen LogP contribution in [0, 0.1) is 13.8 Å². The first-order chi connectivity index (χ1) is 14.6. The summed E-state index contributed by atoms with van der Waals surface area (Å²) in [5, 5.41) is 11.6. The summed E-state index contributed by atoms with van der Waals surface area (Å²) in [4.78, 5) is 13.4. The van der Waals surface area contributed by atoms with Gasteiger partial charge in [-0.1, -0.05) is 72.4 Å². The fourth-order valence-electron chi connectivity index (χ4n) is 3.15. The summed E-state index contributed by atoms with van der Waals surface area (Å²) in [6.07, 6.45) is 1.67. The van der Waals surface area contributed by atoms with Crippen molar-refractivity contribution in [2.45, 2.75) is 24.3 Å². The average Bonchev–Trinajstić information content (AvgIpc) is 3.24. The van der Waals surface area contributed by atoms with Gasteiger partial charge in [0.25, 0.3) is 0 Å². The lowest BCUT2D eigenvalue weighted by Crippen LogP contribution is -2.20. The topological polar surface area (TPSA) is 59.8 Å². The molecule has 4 aromatic rings. The van der Waals surface area contributed by atoms with E-state index in [1.54, 1.807) is 6.33 Å². The SMILES string of the molecule is Cc1ccc(C)c(NC(=O)[C@H](Sc2nncn2-c2ccccc2)c2ccccc2)c1. The van der Waals surface area contributed by atoms with Gasteiger partial charge in [0.2, 0.25) is 5.91 Å². The normalized spacial score (nSPS) is 11.8. The second-order valence-electron chi connectivity index (χ2n) is 7.04. The predicted octanol–water partition coefficient (Wildman–Crippen LogP) is 5.36. The highest BCUT2D eigenvalue weighted by molar-refractivity contribution is 8.00. The highest BCUT2D eigenvalue weighted by Gasteiger charge is 2.25. The minimum absolute atomic E-state index is 0.0949. The zero-order valence-corrected chi connectivity index (χ0v) is 17.6. The van der Waals surface area contributed by atoms with Gasteiger partial charge in [-0.3, -0.25) is 9.36 Å². The molecule has 0 bridgehead atoms. The Morgan fingerprint density at radius 3 is 2.40 bits per heavy atom. The molecule has 0 aliphatic rings. The van der Waals surface area contributed by atoms with Crippen molar-refractivity contribution in [1.29, 1.82) is 0 Å². The van der Waals surface area contributed by atoms with Crippen LogP contribution >= 0.6 is 11.8 Å². The molecule has 0 radical (unpaired) electrons. The number of thioether (sulfide) groups is 1. The molecule has 5 nitrogen and oxygen atoms in total. The Labute approximate surface area is 180 Å². The number of carbonyl (C=O) groups excluding carboxylic acids is 1. The summed E-state index contributed by atoms with van der Waals surface area (Å²) in [7, 11) is 0. The van der Waals surface area contributed by atoms with Gasteiger partial charge in [0.15, 0.2) is 5.16 Å². The molecule has 0 unspecified atom stereocenters. The maximum Gasteiger partial charge on any atom is 0.242 e. The van der Waals surface area contributed by atoms with E-state index in [-0.39, 0.29) is 5.91 Å². The minimum atomic E-state index is -0.474. The summed E-state index contributed by atoms with van der Waals surface area (Å²) in [5.74, 6) is -0.0949. The quantitative estimate of drug-likeness (QED) is 0.432. The molecule has 1 aromatic heterocycles. The van der Waals surface area contributed by atoms with Crippen molar-refractivity contribution in [3.05, 3.63) is 102 Å². The fraction of sp³-hybridized carbons (Fsp3) is 0.125. The third-order valence-corrected chi connectivity index (χ3v) is 5.98. The van der Waals surface area contributed by atoms with Crippen LogP contribution in [0.5, 0.6) is 0 Å². The number of aromatic nitrogens is 3. The van der Waals surface area contributed by atoms with Crippen LogP contribution in [0.25, 0.3) is 5.69 Å². The largest absolute Gasteiger partial charge is 0.325 e. The van der Waals surface area contributed by atoms with Gasteiger partial charge in [0, 0.05) is 11.4 Å². The highest BCUT2D eigenvalue weighted by Crippen LogP contribution is 2.36. The Morgan fingerprint density at radius 1 is 0.967 bits per heavy atom. The standard InChI is InChI=1S/C24H22N4OS/c1-17-13-14-18(2)21(15-17)26-23(29)22(19-9-5-3-6-10-19)30-24-27-25-16-28(24)20-11-7-4-8-12-20/h3-16,22H,1-2H3,(H,26,29)/t22-/m1/s1. The van der Waals surface area contributed by atoms with Crippen molar-refractivity contribution >= 4 is 23.4 Å². The molecule has 0 saturated carbocycles. The number of nitrogens with one attached hydrogen (secondary N) is 1. The molecule has 3 aromatic carbocycles. The van der Waals surface area contributed by atoms with Crippen LogP contribution in [0.15, 0.2) is 90.3 Å². The van der Waals surface area contributed by atoms with Crippen LogP contribution < -0.4 is 5.32 Å². The zero-order valence-electron chi connectivity index (χ0n) is 16.8. The smallest absolute Gasteiger partial charge is 0.242 e. The number of aryl methyl sites for hydroxylation is 2. The Bertz CT molecular complexity index is 1140. The van der Waals surface area contributed by atoms with Crippen LogP contribution in [-0.2, 0) is 4.79 Å². The van der Waals surface area contributed by atoms with Crippen molar-refractivity contribution in [2.24, 2.45) is 0 Å². The van der Waals surface area contributed by atoms with E-state index >= 15 is 0 Å². The fourth-order valence-corrected chi connectivity index (χ4v) is 4.18. The Kier molecular flexibility index (Phi) is 5.95. The van der Waals surface area contributed by atoms with Crippen molar-refractivity contribution in [3.8, 4) is 5.69 Å². The lowest BCUT2D eigenvalue weighted by Gasteiger charge is -2.18. The third kappa shape index (κ3) is 4.44. The van der Waals surface area contributed by atoms with Gasteiger partial charge in [-0.15, -0.1) is 10.2 Å². The molecule has 0 fully saturated rings. The first-order valence-electron chi connectivity index (χ1n) is 9.67. The highest BCUT2D eigenvalue weighted by atomic mass is 32.2.